The van der Waals surface area contributed by atoms with E-state index in [1.54, 1.807) is 24.0 Å². The number of benzene rings is 1. The monoisotopic (exact) mass is 287 g/mol. The largest absolute Gasteiger partial charge is 0.322 e. The molecule has 1 aromatic rings. The minimum absolute atomic E-state index is 0. The molecule has 0 aliphatic carbocycles. The second kappa shape index (κ2) is 6.73. The Balaban J connectivity index is 0.00000180. The molecule has 1 aliphatic heterocycles. The van der Waals surface area contributed by atoms with Crippen molar-refractivity contribution in [3.8, 4) is 0 Å². The molecule has 1 fully saturated rings. The highest BCUT2D eigenvalue weighted by Gasteiger charge is 2.20. The Labute approximate surface area is 118 Å². The molecular weight excluding hydrogens is 269 g/mol. The number of carbonyl (C=O) groups is 1. The minimum Gasteiger partial charge on any atom is -0.322 e. The molecule has 19 heavy (non-hydrogen) atoms. The summed E-state index contributed by atoms with van der Waals surface area (Å²) in [6.07, 6.45) is 0. The number of rotatable bonds is 1. The number of aryl methyl sites for hydroxylation is 1. The zero-order chi connectivity index (χ0) is 13.1. The maximum absolute atomic E-state index is 13.4. The smallest absolute Gasteiger partial charge is 0.321 e. The molecule has 6 heteroatoms. The van der Waals surface area contributed by atoms with Crippen molar-refractivity contribution in [2.24, 2.45) is 0 Å². The van der Waals surface area contributed by atoms with Crippen molar-refractivity contribution in [1.82, 2.24) is 10.2 Å². The summed E-state index contributed by atoms with van der Waals surface area (Å²) in [7, 11) is 0. The van der Waals surface area contributed by atoms with Crippen molar-refractivity contribution >= 4 is 24.1 Å². The lowest BCUT2D eigenvalue weighted by Gasteiger charge is -2.31. The van der Waals surface area contributed by atoms with Crippen LogP contribution in [0.5, 0.6) is 0 Å². The third-order valence-electron chi connectivity index (χ3n) is 3.08. The summed E-state index contributed by atoms with van der Waals surface area (Å²) in [6.45, 7) is 5.85. The van der Waals surface area contributed by atoms with Crippen LogP contribution < -0.4 is 10.6 Å². The molecular formula is C13H19ClFN3O. The van der Waals surface area contributed by atoms with Crippen LogP contribution in [0.2, 0.25) is 0 Å². The third kappa shape index (κ3) is 4.08. The van der Waals surface area contributed by atoms with E-state index in [-0.39, 0.29) is 24.3 Å². The van der Waals surface area contributed by atoms with Gasteiger partial charge in [0.05, 0.1) is 0 Å². The number of nitrogens with one attached hydrogen (secondary N) is 2. The van der Waals surface area contributed by atoms with Gasteiger partial charge in [0, 0.05) is 31.4 Å². The highest BCUT2D eigenvalue weighted by atomic mass is 35.5. The highest BCUT2D eigenvalue weighted by molar-refractivity contribution is 5.89. The van der Waals surface area contributed by atoms with E-state index in [4.69, 9.17) is 0 Å². The summed E-state index contributed by atoms with van der Waals surface area (Å²) >= 11 is 0. The van der Waals surface area contributed by atoms with E-state index in [1.807, 2.05) is 6.92 Å². The predicted octanol–water partition coefficient (Wildman–Crippen LogP) is 2.38. The summed E-state index contributed by atoms with van der Waals surface area (Å²) in [5, 5.41) is 5.99. The maximum atomic E-state index is 13.4. The second-order valence-electron chi connectivity index (χ2n) is 4.70. The molecule has 1 saturated heterocycles. The number of urea groups is 1. The molecule has 1 atom stereocenters. The Kier molecular flexibility index (Phi) is 5.57. The zero-order valence-corrected chi connectivity index (χ0v) is 11.9. The molecule has 0 spiro atoms. The van der Waals surface area contributed by atoms with Gasteiger partial charge in [-0.1, -0.05) is 6.07 Å². The molecule has 2 rings (SSSR count). The van der Waals surface area contributed by atoms with Crippen LogP contribution in [0.4, 0.5) is 14.9 Å². The van der Waals surface area contributed by atoms with Gasteiger partial charge >= 0.3 is 6.03 Å². The SMILES string of the molecule is Cc1ccc(NC(=O)N2CCNC(C)C2)cc1F.Cl. The van der Waals surface area contributed by atoms with E-state index in [1.165, 1.54) is 6.07 Å². The lowest BCUT2D eigenvalue weighted by Crippen LogP contribution is -2.52. The first kappa shape index (κ1) is 15.7. The van der Waals surface area contributed by atoms with Gasteiger partial charge in [-0.15, -0.1) is 12.4 Å². The van der Waals surface area contributed by atoms with Gasteiger partial charge in [0.25, 0.3) is 0 Å². The van der Waals surface area contributed by atoms with Crippen LogP contribution in [0.15, 0.2) is 18.2 Å². The molecule has 1 aromatic carbocycles. The quantitative estimate of drug-likeness (QED) is 0.833. The fourth-order valence-corrected chi connectivity index (χ4v) is 1.99. The molecule has 1 aliphatic rings. The molecule has 1 heterocycles. The molecule has 2 N–H and O–H groups in total. The lowest BCUT2D eigenvalue weighted by atomic mass is 10.2. The second-order valence-corrected chi connectivity index (χ2v) is 4.70. The van der Waals surface area contributed by atoms with Crippen molar-refractivity contribution in [2.45, 2.75) is 19.9 Å². The molecule has 2 amide bonds. The van der Waals surface area contributed by atoms with Gasteiger partial charge in [-0.25, -0.2) is 9.18 Å². The number of piperazine rings is 1. The molecule has 0 bridgehead atoms. The summed E-state index contributed by atoms with van der Waals surface area (Å²) in [4.78, 5) is 13.7. The third-order valence-corrected chi connectivity index (χ3v) is 3.08. The average Bonchev–Trinajstić information content (AvgIpc) is 2.34. The maximum Gasteiger partial charge on any atom is 0.321 e. The van der Waals surface area contributed by atoms with E-state index in [0.29, 0.717) is 30.4 Å². The predicted molar refractivity (Wildman–Crippen MR) is 76.4 cm³/mol. The van der Waals surface area contributed by atoms with Crippen molar-refractivity contribution in [2.75, 3.05) is 25.0 Å². The van der Waals surface area contributed by atoms with Gasteiger partial charge in [-0.05, 0) is 31.5 Å². The number of anilines is 1. The molecule has 1 unspecified atom stereocenters. The fraction of sp³-hybridized carbons (Fsp3) is 0.462. The normalized spacial score (nSPS) is 18.7. The van der Waals surface area contributed by atoms with Gasteiger partial charge in [0.2, 0.25) is 0 Å². The molecule has 0 saturated carbocycles. The van der Waals surface area contributed by atoms with E-state index in [0.717, 1.165) is 6.54 Å². The van der Waals surface area contributed by atoms with E-state index in [2.05, 4.69) is 10.6 Å². The van der Waals surface area contributed by atoms with Crippen LogP contribution >= 0.6 is 12.4 Å². The first-order valence-electron chi connectivity index (χ1n) is 6.12. The van der Waals surface area contributed by atoms with Crippen molar-refractivity contribution in [3.05, 3.63) is 29.6 Å². The van der Waals surface area contributed by atoms with Crippen molar-refractivity contribution in [1.29, 1.82) is 0 Å². The number of hydrogen-bond donors (Lipinski definition) is 2. The Bertz CT molecular complexity index is 456. The van der Waals surface area contributed by atoms with Gasteiger partial charge in [-0.3, -0.25) is 0 Å². The van der Waals surface area contributed by atoms with Crippen molar-refractivity contribution < 1.29 is 9.18 Å². The van der Waals surface area contributed by atoms with Crippen LogP contribution in [0, 0.1) is 12.7 Å². The molecule has 0 radical (unpaired) electrons. The highest BCUT2D eigenvalue weighted by Crippen LogP contribution is 2.14. The van der Waals surface area contributed by atoms with E-state index >= 15 is 0 Å². The first-order chi connectivity index (χ1) is 8.56. The first-order valence-corrected chi connectivity index (χ1v) is 6.12. The number of nitrogens with zero attached hydrogens (tertiary/aromatic N) is 1. The topological polar surface area (TPSA) is 44.4 Å². The van der Waals surface area contributed by atoms with E-state index in [9.17, 15) is 9.18 Å². The van der Waals surface area contributed by atoms with Gasteiger partial charge in [-0.2, -0.15) is 0 Å². The fourth-order valence-electron chi connectivity index (χ4n) is 1.99. The average molecular weight is 288 g/mol. The van der Waals surface area contributed by atoms with Crippen LogP contribution in [0.3, 0.4) is 0 Å². The summed E-state index contributed by atoms with van der Waals surface area (Å²) in [5.41, 5.74) is 1.07. The van der Waals surface area contributed by atoms with Crippen LogP contribution in [-0.2, 0) is 0 Å². The van der Waals surface area contributed by atoms with Gasteiger partial charge in [0.15, 0.2) is 0 Å². The van der Waals surface area contributed by atoms with Crippen LogP contribution in [0.25, 0.3) is 0 Å². The molecule has 4 nitrogen and oxygen atoms in total. The summed E-state index contributed by atoms with van der Waals surface area (Å²) < 4.78 is 13.4. The number of amides is 2. The Morgan fingerprint density at radius 1 is 1.53 bits per heavy atom. The summed E-state index contributed by atoms with van der Waals surface area (Å²) in [6, 6.07) is 4.83. The van der Waals surface area contributed by atoms with Crippen LogP contribution in [0.1, 0.15) is 12.5 Å². The Morgan fingerprint density at radius 3 is 2.89 bits per heavy atom. The molecule has 106 valence electrons. The molecule has 0 aromatic heterocycles. The summed E-state index contributed by atoms with van der Waals surface area (Å²) in [5.74, 6) is -0.304. The standard InChI is InChI=1S/C13H18FN3O.ClH/c1-9-3-4-11(7-12(9)14)16-13(18)17-6-5-15-10(2)8-17;/h3-4,7,10,15H,5-6,8H2,1-2H3,(H,16,18);1H. The lowest BCUT2D eigenvalue weighted by molar-refractivity contribution is 0.192. The van der Waals surface area contributed by atoms with E-state index < -0.39 is 0 Å². The van der Waals surface area contributed by atoms with Gasteiger partial charge in [0.1, 0.15) is 5.82 Å². The zero-order valence-electron chi connectivity index (χ0n) is 11.1. The van der Waals surface area contributed by atoms with Crippen LogP contribution in [-0.4, -0.2) is 36.6 Å². The number of halogens is 2. The van der Waals surface area contributed by atoms with Crippen molar-refractivity contribution in [3.63, 3.8) is 0 Å². The Morgan fingerprint density at radius 2 is 2.26 bits per heavy atom. The Hall–Kier alpha value is -1.33. The number of carbonyl (C=O) groups excluding carboxylic acids is 1. The number of hydrogen-bond acceptors (Lipinski definition) is 2. The van der Waals surface area contributed by atoms with Gasteiger partial charge < -0.3 is 15.5 Å². The minimum atomic E-state index is -0.304.